The molecule has 6 nitrogen and oxygen atoms in total. The summed E-state index contributed by atoms with van der Waals surface area (Å²) in [7, 11) is 0. The van der Waals surface area contributed by atoms with Gasteiger partial charge in [-0.2, -0.15) is 0 Å². The zero-order valence-corrected chi connectivity index (χ0v) is 13.9. The fraction of sp³-hybridized carbons (Fsp3) is 0.353. The van der Waals surface area contributed by atoms with Gasteiger partial charge in [-0.25, -0.2) is 9.18 Å². The summed E-state index contributed by atoms with van der Waals surface area (Å²) in [6, 6.07) is 6.67. The zero-order valence-electron chi connectivity index (χ0n) is 13.9. The molecule has 0 aliphatic carbocycles. The molecule has 1 heterocycles. The van der Waals surface area contributed by atoms with Gasteiger partial charge < -0.3 is 24.9 Å². The minimum atomic E-state index is -1.35. The van der Waals surface area contributed by atoms with Crippen molar-refractivity contribution >= 4 is 11.7 Å². The van der Waals surface area contributed by atoms with E-state index >= 15 is 0 Å². The largest absolute Gasteiger partial charge is 0.492 e. The van der Waals surface area contributed by atoms with Crippen LogP contribution in [0.5, 0.6) is 5.75 Å². The highest BCUT2D eigenvalue weighted by molar-refractivity contribution is 5.90. The zero-order chi connectivity index (χ0) is 17.7. The van der Waals surface area contributed by atoms with E-state index in [0.29, 0.717) is 23.8 Å². The highest BCUT2D eigenvalue weighted by Crippen LogP contribution is 2.26. The average Bonchev–Trinajstić information content (AvgIpc) is 2.96. The molecule has 0 saturated carbocycles. The highest BCUT2D eigenvalue weighted by Gasteiger charge is 2.27. The lowest BCUT2D eigenvalue weighted by Crippen LogP contribution is -2.40. The van der Waals surface area contributed by atoms with Gasteiger partial charge >= 0.3 is 6.03 Å². The van der Waals surface area contributed by atoms with E-state index in [1.54, 1.807) is 26.0 Å². The molecule has 1 atom stereocenters. The minimum absolute atomic E-state index is 0.0586. The van der Waals surface area contributed by atoms with Crippen molar-refractivity contribution in [1.29, 1.82) is 0 Å². The van der Waals surface area contributed by atoms with Crippen LogP contribution in [0.3, 0.4) is 0 Å². The van der Waals surface area contributed by atoms with Crippen molar-refractivity contribution in [1.82, 2.24) is 5.32 Å². The first-order chi connectivity index (χ1) is 11.3. The van der Waals surface area contributed by atoms with Crippen LogP contribution in [0.25, 0.3) is 0 Å². The van der Waals surface area contributed by atoms with Gasteiger partial charge in [-0.3, -0.25) is 0 Å². The Balaban J connectivity index is 1.98. The number of halogens is 1. The maximum Gasteiger partial charge on any atom is 0.319 e. The van der Waals surface area contributed by atoms with Gasteiger partial charge in [-0.1, -0.05) is 0 Å². The van der Waals surface area contributed by atoms with Crippen LogP contribution in [0.4, 0.5) is 14.9 Å². The molecule has 0 aliphatic rings. The number of carbonyl (C=O) groups excluding carboxylic acids is 1. The first kappa shape index (κ1) is 17.8. The predicted molar refractivity (Wildman–Crippen MR) is 87.6 cm³/mol. The Kier molecular flexibility index (Phi) is 5.46. The van der Waals surface area contributed by atoms with Crippen molar-refractivity contribution in [3.05, 3.63) is 47.7 Å². The number of ether oxygens (including phenoxy) is 1. The van der Waals surface area contributed by atoms with Crippen molar-refractivity contribution in [2.24, 2.45) is 0 Å². The second-order valence-corrected chi connectivity index (χ2v) is 5.57. The molecule has 3 N–H and O–H groups in total. The van der Waals surface area contributed by atoms with Crippen LogP contribution in [-0.2, 0) is 5.60 Å². The molecule has 0 bridgehead atoms. The summed E-state index contributed by atoms with van der Waals surface area (Å²) in [5, 5.41) is 15.5. The maximum atomic E-state index is 13.3. The van der Waals surface area contributed by atoms with Crippen LogP contribution < -0.4 is 15.4 Å². The normalized spacial score (nSPS) is 13.2. The summed E-state index contributed by atoms with van der Waals surface area (Å²) < 4.78 is 23.9. The second-order valence-electron chi connectivity index (χ2n) is 5.57. The lowest BCUT2D eigenvalue weighted by atomic mass is 10.0. The van der Waals surface area contributed by atoms with Crippen LogP contribution >= 0.6 is 0 Å². The molecule has 130 valence electrons. The van der Waals surface area contributed by atoms with E-state index in [-0.39, 0.29) is 12.3 Å². The fourth-order valence-corrected chi connectivity index (χ4v) is 2.10. The minimum Gasteiger partial charge on any atom is -0.492 e. The number of rotatable bonds is 6. The molecular formula is C17H21FN2O4. The Hall–Kier alpha value is -2.54. The number of anilines is 1. The van der Waals surface area contributed by atoms with E-state index in [1.807, 2.05) is 0 Å². The number of benzene rings is 1. The molecule has 7 heteroatoms. The number of nitrogens with one attached hydrogen (secondary N) is 2. The van der Waals surface area contributed by atoms with Gasteiger partial charge in [0.1, 0.15) is 28.7 Å². The van der Waals surface area contributed by atoms with Gasteiger partial charge in [0.25, 0.3) is 0 Å². The highest BCUT2D eigenvalue weighted by atomic mass is 19.1. The quantitative estimate of drug-likeness (QED) is 0.756. The molecule has 0 spiro atoms. The first-order valence-corrected chi connectivity index (χ1v) is 7.58. The SMILES string of the molecule is CCOc1cc(F)ccc1NC(=O)NCC(C)(O)c1ccc(C)o1. The van der Waals surface area contributed by atoms with Gasteiger partial charge in [0, 0.05) is 6.07 Å². The van der Waals surface area contributed by atoms with Crippen molar-refractivity contribution in [3.8, 4) is 5.75 Å². The van der Waals surface area contributed by atoms with E-state index in [9.17, 15) is 14.3 Å². The summed E-state index contributed by atoms with van der Waals surface area (Å²) in [6.07, 6.45) is 0. The number of furan rings is 1. The number of urea groups is 1. The number of aliphatic hydroxyl groups is 1. The molecule has 1 aromatic heterocycles. The van der Waals surface area contributed by atoms with Gasteiger partial charge in [-0.15, -0.1) is 0 Å². The van der Waals surface area contributed by atoms with E-state index in [0.717, 1.165) is 0 Å². The average molecular weight is 336 g/mol. The standard InChI is InChI=1S/C17H21FN2O4/c1-4-23-14-9-12(18)6-7-13(14)20-16(21)19-10-17(3,22)15-8-5-11(2)24-15/h5-9,22H,4,10H2,1-3H3,(H2,19,20,21). The summed E-state index contributed by atoms with van der Waals surface area (Å²) in [5.74, 6) is 0.807. The van der Waals surface area contributed by atoms with Crippen LogP contribution in [0.2, 0.25) is 0 Å². The number of aryl methyl sites for hydroxylation is 1. The van der Waals surface area contributed by atoms with Crippen molar-refractivity contribution in [2.45, 2.75) is 26.4 Å². The predicted octanol–water partition coefficient (Wildman–Crippen LogP) is 3.16. The Morgan fingerprint density at radius 1 is 1.38 bits per heavy atom. The van der Waals surface area contributed by atoms with Gasteiger partial charge in [-0.05, 0) is 45.0 Å². The maximum absolute atomic E-state index is 13.3. The smallest absolute Gasteiger partial charge is 0.319 e. The van der Waals surface area contributed by atoms with Crippen molar-refractivity contribution in [2.75, 3.05) is 18.5 Å². The van der Waals surface area contributed by atoms with E-state index in [2.05, 4.69) is 10.6 Å². The number of amides is 2. The lowest BCUT2D eigenvalue weighted by molar-refractivity contribution is 0.0364. The Morgan fingerprint density at radius 3 is 2.75 bits per heavy atom. The summed E-state index contributed by atoms with van der Waals surface area (Å²) in [5.41, 5.74) is -1.01. The molecule has 2 amide bonds. The Labute approximate surface area is 139 Å². The number of carbonyl (C=O) groups is 1. The summed E-state index contributed by atoms with van der Waals surface area (Å²) >= 11 is 0. The van der Waals surface area contributed by atoms with Gasteiger partial charge in [0.2, 0.25) is 0 Å². The molecule has 0 aliphatic heterocycles. The molecule has 2 aromatic rings. The Morgan fingerprint density at radius 2 is 2.12 bits per heavy atom. The third kappa shape index (κ3) is 4.48. The van der Waals surface area contributed by atoms with Crippen LogP contribution in [-0.4, -0.2) is 24.3 Å². The third-order valence-electron chi connectivity index (χ3n) is 3.36. The molecule has 1 aromatic carbocycles. The Bertz CT molecular complexity index is 712. The number of hydrogen-bond donors (Lipinski definition) is 3. The van der Waals surface area contributed by atoms with Gasteiger partial charge in [0.05, 0.1) is 18.8 Å². The number of hydrogen-bond acceptors (Lipinski definition) is 4. The van der Waals surface area contributed by atoms with Crippen molar-refractivity contribution in [3.63, 3.8) is 0 Å². The molecule has 0 radical (unpaired) electrons. The van der Waals surface area contributed by atoms with E-state index in [1.165, 1.54) is 25.1 Å². The molecular weight excluding hydrogens is 315 g/mol. The lowest BCUT2D eigenvalue weighted by Gasteiger charge is -2.21. The molecule has 0 fully saturated rings. The monoisotopic (exact) mass is 336 g/mol. The molecule has 24 heavy (non-hydrogen) atoms. The summed E-state index contributed by atoms with van der Waals surface area (Å²) in [6.45, 7) is 5.35. The van der Waals surface area contributed by atoms with Crippen LogP contribution in [0, 0.1) is 12.7 Å². The fourth-order valence-electron chi connectivity index (χ4n) is 2.10. The van der Waals surface area contributed by atoms with E-state index in [4.69, 9.17) is 9.15 Å². The molecule has 0 saturated heterocycles. The summed E-state index contributed by atoms with van der Waals surface area (Å²) in [4.78, 5) is 12.0. The van der Waals surface area contributed by atoms with Crippen LogP contribution in [0.1, 0.15) is 25.4 Å². The van der Waals surface area contributed by atoms with Crippen LogP contribution in [0.15, 0.2) is 34.7 Å². The first-order valence-electron chi connectivity index (χ1n) is 7.58. The van der Waals surface area contributed by atoms with Gasteiger partial charge in [0.15, 0.2) is 0 Å². The topological polar surface area (TPSA) is 83.7 Å². The van der Waals surface area contributed by atoms with Crippen molar-refractivity contribution < 1.29 is 23.4 Å². The third-order valence-corrected chi connectivity index (χ3v) is 3.36. The van der Waals surface area contributed by atoms with E-state index < -0.39 is 17.4 Å². The second kappa shape index (κ2) is 7.35. The molecule has 1 unspecified atom stereocenters. The molecule has 2 rings (SSSR count).